The summed E-state index contributed by atoms with van der Waals surface area (Å²) in [5.41, 5.74) is 1.04. The van der Waals surface area contributed by atoms with Crippen LogP contribution in [0.3, 0.4) is 0 Å². The topological polar surface area (TPSA) is 20.2 Å². The first-order chi connectivity index (χ1) is 8.73. The quantitative estimate of drug-likeness (QED) is 0.890. The first kappa shape index (κ1) is 12.6. The highest BCUT2D eigenvalue weighted by atomic mass is 32.2. The third kappa shape index (κ3) is 2.92. The molecule has 2 saturated heterocycles. The maximum Gasteiger partial charge on any atom is 0.0669 e. The minimum atomic E-state index is -0.355. The Kier molecular flexibility index (Phi) is 3.67. The van der Waals surface area contributed by atoms with Gasteiger partial charge in [0.1, 0.15) is 0 Å². The molecule has 1 N–H and O–H groups in total. The van der Waals surface area contributed by atoms with E-state index in [2.05, 4.69) is 42.1 Å². The molecule has 1 aromatic rings. The summed E-state index contributed by atoms with van der Waals surface area (Å²) in [5, 5.41) is 12.2. The average Bonchev–Trinajstić information content (AvgIpc) is 2.70. The van der Waals surface area contributed by atoms with E-state index < -0.39 is 0 Å². The Labute approximate surface area is 114 Å². The van der Waals surface area contributed by atoms with Gasteiger partial charge in [0.2, 0.25) is 0 Å². The second-order valence-electron chi connectivity index (χ2n) is 5.93. The molecule has 2 fully saturated rings. The molecule has 2 aliphatic heterocycles. The number of fused-ring (bicyclic) bond motifs is 2. The van der Waals surface area contributed by atoms with Crippen molar-refractivity contribution in [3.8, 4) is 0 Å². The summed E-state index contributed by atoms with van der Waals surface area (Å²) in [6.45, 7) is 0. The van der Waals surface area contributed by atoms with E-state index in [0.29, 0.717) is 0 Å². The Balaban J connectivity index is 1.51. The Morgan fingerprint density at radius 2 is 1.78 bits per heavy atom. The minimum absolute atomic E-state index is 0.355. The van der Waals surface area contributed by atoms with Gasteiger partial charge in [-0.2, -0.15) is 11.8 Å². The molecule has 2 unspecified atom stereocenters. The second kappa shape index (κ2) is 5.26. The third-order valence-electron chi connectivity index (χ3n) is 4.36. The summed E-state index contributed by atoms with van der Waals surface area (Å²) >= 11 is 2.12. The Morgan fingerprint density at radius 3 is 2.44 bits per heavy atom. The fourth-order valence-corrected chi connectivity index (χ4v) is 5.38. The van der Waals surface area contributed by atoms with Crippen molar-refractivity contribution in [3.63, 3.8) is 0 Å². The lowest BCUT2D eigenvalue weighted by molar-refractivity contribution is 0.0137. The third-order valence-corrected chi connectivity index (χ3v) is 5.94. The highest BCUT2D eigenvalue weighted by Gasteiger charge is 2.42. The van der Waals surface area contributed by atoms with Crippen molar-refractivity contribution in [1.82, 2.24) is 0 Å². The maximum absolute atomic E-state index is 10.7. The van der Waals surface area contributed by atoms with Crippen molar-refractivity contribution in [2.24, 2.45) is 0 Å². The summed E-state index contributed by atoms with van der Waals surface area (Å²) in [6.07, 6.45) is 7.92. The van der Waals surface area contributed by atoms with Gasteiger partial charge in [-0.15, -0.1) is 0 Å². The Bertz CT molecular complexity index is 377. The number of benzene rings is 1. The van der Waals surface area contributed by atoms with Crippen LogP contribution in [0.15, 0.2) is 30.3 Å². The van der Waals surface area contributed by atoms with Gasteiger partial charge in [0, 0.05) is 10.5 Å². The van der Waals surface area contributed by atoms with Gasteiger partial charge in [0.15, 0.2) is 0 Å². The number of rotatable bonds is 4. The molecule has 2 atom stereocenters. The zero-order valence-corrected chi connectivity index (χ0v) is 11.7. The van der Waals surface area contributed by atoms with E-state index in [0.717, 1.165) is 42.6 Å². The predicted molar refractivity (Wildman–Crippen MR) is 78.0 cm³/mol. The van der Waals surface area contributed by atoms with E-state index in [-0.39, 0.29) is 5.60 Å². The molecule has 0 aromatic heterocycles. The van der Waals surface area contributed by atoms with Crippen LogP contribution in [0.4, 0.5) is 0 Å². The lowest BCUT2D eigenvalue weighted by atomic mass is 9.87. The van der Waals surface area contributed by atoms with Crippen LogP contribution in [0.5, 0.6) is 0 Å². The molecule has 0 radical (unpaired) electrons. The van der Waals surface area contributed by atoms with E-state index in [4.69, 9.17) is 0 Å². The van der Waals surface area contributed by atoms with Crippen LogP contribution < -0.4 is 0 Å². The minimum Gasteiger partial charge on any atom is -0.390 e. The Morgan fingerprint density at radius 1 is 1.11 bits per heavy atom. The number of hydrogen-bond donors (Lipinski definition) is 1. The number of hydrogen-bond acceptors (Lipinski definition) is 2. The van der Waals surface area contributed by atoms with Crippen LogP contribution >= 0.6 is 11.8 Å². The smallest absolute Gasteiger partial charge is 0.0669 e. The van der Waals surface area contributed by atoms with Gasteiger partial charge >= 0.3 is 0 Å². The first-order valence-electron chi connectivity index (χ1n) is 7.15. The van der Waals surface area contributed by atoms with Crippen molar-refractivity contribution in [1.29, 1.82) is 0 Å². The summed E-state index contributed by atoms with van der Waals surface area (Å²) in [5.74, 6) is 0. The molecular formula is C16H22OS. The number of aryl methyl sites for hydroxylation is 1. The van der Waals surface area contributed by atoms with Crippen molar-refractivity contribution < 1.29 is 5.11 Å². The molecule has 0 aliphatic carbocycles. The van der Waals surface area contributed by atoms with Gasteiger partial charge in [0.25, 0.3) is 0 Å². The highest BCUT2D eigenvalue weighted by Crippen LogP contribution is 2.48. The molecule has 2 aliphatic rings. The summed E-state index contributed by atoms with van der Waals surface area (Å²) in [4.78, 5) is 0. The predicted octanol–water partition coefficient (Wildman–Crippen LogP) is 3.80. The first-order valence-corrected chi connectivity index (χ1v) is 8.10. The summed E-state index contributed by atoms with van der Waals surface area (Å²) < 4.78 is 0. The van der Waals surface area contributed by atoms with E-state index >= 15 is 0 Å². The van der Waals surface area contributed by atoms with E-state index in [9.17, 15) is 5.11 Å². The van der Waals surface area contributed by atoms with Crippen LogP contribution in [-0.2, 0) is 6.42 Å². The number of aliphatic hydroxyl groups is 1. The molecule has 18 heavy (non-hydrogen) atoms. The van der Waals surface area contributed by atoms with Crippen LogP contribution in [0.25, 0.3) is 0 Å². The molecule has 1 aromatic carbocycles. The van der Waals surface area contributed by atoms with E-state index in [1.807, 2.05) is 0 Å². The molecule has 2 heterocycles. The van der Waals surface area contributed by atoms with Gasteiger partial charge in [-0.25, -0.2) is 0 Å². The fraction of sp³-hybridized carbons (Fsp3) is 0.625. The second-order valence-corrected chi connectivity index (χ2v) is 7.53. The zero-order chi connectivity index (χ0) is 12.4. The summed E-state index contributed by atoms with van der Waals surface area (Å²) in [7, 11) is 0. The zero-order valence-electron chi connectivity index (χ0n) is 10.8. The van der Waals surface area contributed by atoms with Crippen LogP contribution in [-0.4, -0.2) is 21.2 Å². The lowest BCUT2D eigenvalue weighted by Gasteiger charge is -2.36. The fourth-order valence-electron chi connectivity index (χ4n) is 3.48. The maximum atomic E-state index is 10.7. The SMILES string of the molecule is OC1(CCCc2ccccc2)CC2CCC(C1)S2. The van der Waals surface area contributed by atoms with Gasteiger partial charge in [-0.05, 0) is 50.5 Å². The van der Waals surface area contributed by atoms with Gasteiger partial charge in [-0.1, -0.05) is 30.3 Å². The van der Waals surface area contributed by atoms with Crippen LogP contribution in [0.1, 0.15) is 44.1 Å². The molecule has 2 bridgehead atoms. The van der Waals surface area contributed by atoms with Gasteiger partial charge < -0.3 is 5.11 Å². The molecular weight excluding hydrogens is 240 g/mol. The largest absolute Gasteiger partial charge is 0.390 e. The van der Waals surface area contributed by atoms with Crippen molar-refractivity contribution >= 4 is 11.8 Å². The van der Waals surface area contributed by atoms with Crippen molar-refractivity contribution in [2.75, 3.05) is 0 Å². The monoisotopic (exact) mass is 262 g/mol. The molecule has 98 valence electrons. The molecule has 3 rings (SSSR count). The molecule has 2 heteroatoms. The molecule has 0 amide bonds. The van der Waals surface area contributed by atoms with Crippen LogP contribution in [0, 0.1) is 0 Å². The molecule has 0 saturated carbocycles. The number of thioether (sulfide) groups is 1. The average molecular weight is 262 g/mol. The molecule has 1 nitrogen and oxygen atoms in total. The molecule has 0 spiro atoms. The van der Waals surface area contributed by atoms with E-state index in [1.54, 1.807) is 0 Å². The Hall–Kier alpha value is -0.470. The normalized spacial score (nSPS) is 34.7. The van der Waals surface area contributed by atoms with Crippen molar-refractivity contribution in [3.05, 3.63) is 35.9 Å². The highest BCUT2D eigenvalue weighted by molar-refractivity contribution is 8.00. The van der Waals surface area contributed by atoms with Gasteiger partial charge in [-0.3, -0.25) is 0 Å². The van der Waals surface area contributed by atoms with E-state index in [1.165, 1.54) is 18.4 Å². The van der Waals surface area contributed by atoms with Gasteiger partial charge in [0.05, 0.1) is 5.60 Å². The lowest BCUT2D eigenvalue weighted by Crippen LogP contribution is -2.37. The van der Waals surface area contributed by atoms with Crippen LogP contribution in [0.2, 0.25) is 0 Å². The van der Waals surface area contributed by atoms with Crippen molar-refractivity contribution in [2.45, 2.75) is 61.0 Å². The summed E-state index contributed by atoms with van der Waals surface area (Å²) in [6, 6.07) is 10.6. The standard InChI is InChI=1S/C16H22OS/c17-16(11-14-8-9-15(12-16)18-14)10-4-7-13-5-2-1-3-6-13/h1-3,5-6,14-15,17H,4,7-12H2.